The van der Waals surface area contributed by atoms with Gasteiger partial charge >= 0.3 is 5.97 Å². The van der Waals surface area contributed by atoms with E-state index in [0.717, 1.165) is 44.9 Å². The topological polar surface area (TPSA) is 86.6 Å². The van der Waals surface area contributed by atoms with Crippen LogP contribution in [-0.4, -0.2) is 34.2 Å². The number of aliphatic carboxylic acids is 1. The lowest BCUT2D eigenvalue weighted by molar-refractivity contribution is -0.154. The van der Waals surface area contributed by atoms with E-state index in [4.69, 9.17) is 0 Å². The van der Waals surface area contributed by atoms with Crippen molar-refractivity contribution in [2.75, 3.05) is 6.61 Å². The number of carboxylic acid groups (broad SMARTS) is 1. The molecular weight excluding hydrogens is 258 g/mol. The molecule has 0 saturated heterocycles. The molecule has 0 bridgehead atoms. The molecule has 2 aliphatic rings. The number of aliphatic hydroxyl groups excluding tert-OH is 1. The normalized spacial score (nSPS) is 24.2. The highest BCUT2D eigenvalue weighted by molar-refractivity contribution is 5.85. The molecular formula is C15H25NO4. The van der Waals surface area contributed by atoms with Gasteiger partial charge in [0.05, 0.1) is 17.6 Å². The van der Waals surface area contributed by atoms with Crippen LogP contribution in [0.3, 0.4) is 0 Å². The molecule has 0 aromatic rings. The largest absolute Gasteiger partial charge is 0.481 e. The maximum absolute atomic E-state index is 12.3. The Morgan fingerprint density at radius 2 is 1.50 bits per heavy atom. The molecule has 2 fully saturated rings. The predicted molar refractivity (Wildman–Crippen MR) is 74.2 cm³/mol. The van der Waals surface area contributed by atoms with E-state index in [1.165, 1.54) is 0 Å². The minimum Gasteiger partial charge on any atom is -0.481 e. The van der Waals surface area contributed by atoms with E-state index in [2.05, 4.69) is 5.32 Å². The Bertz CT molecular complexity index is 368. The molecule has 0 radical (unpaired) electrons. The molecule has 0 unspecified atom stereocenters. The Morgan fingerprint density at radius 1 is 0.950 bits per heavy atom. The van der Waals surface area contributed by atoms with Gasteiger partial charge in [-0.05, 0) is 25.7 Å². The fraction of sp³-hybridized carbons (Fsp3) is 0.867. The van der Waals surface area contributed by atoms with Crippen molar-refractivity contribution >= 4 is 11.9 Å². The van der Waals surface area contributed by atoms with Crippen molar-refractivity contribution in [3.63, 3.8) is 0 Å². The maximum Gasteiger partial charge on any atom is 0.310 e. The van der Waals surface area contributed by atoms with Crippen molar-refractivity contribution in [2.45, 2.75) is 69.7 Å². The number of carbonyl (C=O) groups excluding carboxylic acids is 1. The summed E-state index contributed by atoms with van der Waals surface area (Å²) < 4.78 is 0. The first-order valence-electron chi connectivity index (χ1n) is 7.67. The summed E-state index contributed by atoms with van der Waals surface area (Å²) in [7, 11) is 0. The first kappa shape index (κ1) is 15.3. The molecule has 2 aliphatic carbocycles. The van der Waals surface area contributed by atoms with E-state index in [-0.39, 0.29) is 18.9 Å². The number of hydrogen-bond acceptors (Lipinski definition) is 3. The van der Waals surface area contributed by atoms with Crippen LogP contribution < -0.4 is 5.32 Å². The molecule has 1 amide bonds. The standard InChI is InChI=1S/C15H25NO4/c17-11-15(8-4-5-9-15)16-12(18)10-14(13(19)20)6-2-1-3-7-14/h17H,1-11H2,(H,16,18)(H,19,20). The van der Waals surface area contributed by atoms with Crippen LogP contribution in [0.4, 0.5) is 0 Å². The fourth-order valence-corrected chi connectivity index (χ4v) is 3.72. The van der Waals surface area contributed by atoms with Gasteiger partial charge < -0.3 is 15.5 Å². The predicted octanol–water partition coefficient (Wildman–Crippen LogP) is 1.83. The highest BCUT2D eigenvalue weighted by atomic mass is 16.4. The lowest BCUT2D eigenvalue weighted by Gasteiger charge is -2.35. The molecule has 0 aliphatic heterocycles. The summed E-state index contributed by atoms with van der Waals surface area (Å²) in [4.78, 5) is 23.8. The molecule has 114 valence electrons. The first-order chi connectivity index (χ1) is 9.52. The SMILES string of the molecule is O=C(CC1(C(=O)O)CCCCC1)NC1(CO)CCCC1. The molecule has 0 spiro atoms. The van der Waals surface area contributed by atoms with Gasteiger partial charge in [-0.1, -0.05) is 32.1 Å². The van der Waals surface area contributed by atoms with E-state index in [1.54, 1.807) is 0 Å². The summed E-state index contributed by atoms with van der Waals surface area (Å²) >= 11 is 0. The molecule has 5 heteroatoms. The van der Waals surface area contributed by atoms with Crippen LogP contribution in [0.25, 0.3) is 0 Å². The van der Waals surface area contributed by atoms with Gasteiger partial charge in [-0.25, -0.2) is 0 Å². The molecule has 2 saturated carbocycles. The zero-order valence-corrected chi connectivity index (χ0v) is 12.0. The molecule has 0 heterocycles. The second-order valence-corrected chi connectivity index (χ2v) is 6.52. The van der Waals surface area contributed by atoms with Gasteiger partial charge in [-0.2, -0.15) is 0 Å². The molecule has 0 atom stereocenters. The molecule has 0 aromatic carbocycles. The highest BCUT2D eigenvalue weighted by Gasteiger charge is 2.43. The zero-order valence-electron chi connectivity index (χ0n) is 12.0. The van der Waals surface area contributed by atoms with Gasteiger partial charge in [0.2, 0.25) is 5.91 Å². The van der Waals surface area contributed by atoms with Gasteiger partial charge in [0.1, 0.15) is 0 Å². The average Bonchev–Trinajstić information content (AvgIpc) is 2.88. The third-order valence-corrected chi connectivity index (χ3v) is 5.03. The number of carbonyl (C=O) groups is 2. The van der Waals surface area contributed by atoms with Gasteiger partial charge in [0.25, 0.3) is 0 Å². The van der Waals surface area contributed by atoms with Crippen molar-refractivity contribution in [1.82, 2.24) is 5.32 Å². The summed E-state index contributed by atoms with van der Waals surface area (Å²) in [5.74, 6) is -1.07. The Labute approximate surface area is 119 Å². The molecule has 5 nitrogen and oxygen atoms in total. The van der Waals surface area contributed by atoms with Crippen molar-refractivity contribution in [3.8, 4) is 0 Å². The minimum atomic E-state index is -0.891. The van der Waals surface area contributed by atoms with Gasteiger partial charge in [-0.3, -0.25) is 9.59 Å². The van der Waals surface area contributed by atoms with Crippen LogP contribution in [0, 0.1) is 5.41 Å². The minimum absolute atomic E-state index is 0.0457. The van der Waals surface area contributed by atoms with E-state index >= 15 is 0 Å². The van der Waals surface area contributed by atoms with Crippen LogP contribution in [0.5, 0.6) is 0 Å². The van der Waals surface area contributed by atoms with Crippen molar-refractivity contribution in [1.29, 1.82) is 0 Å². The Kier molecular flexibility index (Phi) is 4.68. The van der Waals surface area contributed by atoms with E-state index in [0.29, 0.717) is 12.8 Å². The van der Waals surface area contributed by atoms with Crippen molar-refractivity contribution in [3.05, 3.63) is 0 Å². The third-order valence-electron chi connectivity index (χ3n) is 5.03. The summed E-state index contributed by atoms with van der Waals surface area (Å²) in [6.07, 6.45) is 7.61. The highest BCUT2D eigenvalue weighted by Crippen LogP contribution is 2.40. The van der Waals surface area contributed by atoms with Crippen LogP contribution in [0.1, 0.15) is 64.2 Å². The Morgan fingerprint density at radius 3 is 2.00 bits per heavy atom. The average molecular weight is 283 g/mol. The van der Waals surface area contributed by atoms with E-state index in [9.17, 15) is 19.8 Å². The van der Waals surface area contributed by atoms with Crippen LogP contribution in [-0.2, 0) is 9.59 Å². The summed E-state index contributed by atoms with van der Waals surface area (Å²) in [5.41, 5.74) is -1.40. The second-order valence-electron chi connectivity index (χ2n) is 6.52. The lowest BCUT2D eigenvalue weighted by atomic mass is 9.71. The van der Waals surface area contributed by atoms with Crippen molar-refractivity contribution < 1.29 is 19.8 Å². The van der Waals surface area contributed by atoms with E-state index < -0.39 is 16.9 Å². The summed E-state index contributed by atoms with van der Waals surface area (Å²) in [6, 6.07) is 0. The number of amides is 1. The van der Waals surface area contributed by atoms with Gasteiger partial charge in [0, 0.05) is 6.42 Å². The number of hydrogen-bond donors (Lipinski definition) is 3. The van der Waals surface area contributed by atoms with Gasteiger partial charge in [0.15, 0.2) is 0 Å². The smallest absolute Gasteiger partial charge is 0.310 e. The quantitative estimate of drug-likeness (QED) is 0.718. The fourth-order valence-electron chi connectivity index (χ4n) is 3.72. The summed E-state index contributed by atoms with van der Waals surface area (Å²) in [6.45, 7) is -0.0567. The summed E-state index contributed by atoms with van der Waals surface area (Å²) in [5, 5.41) is 21.9. The van der Waals surface area contributed by atoms with Crippen LogP contribution in [0.15, 0.2) is 0 Å². The Balaban J connectivity index is 2.00. The number of aliphatic hydroxyl groups is 1. The number of rotatable bonds is 5. The molecule has 2 rings (SSSR count). The van der Waals surface area contributed by atoms with Gasteiger partial charge in [-0.15, -0.1) is 0 Å². The van der Waals surface area contributed by atoms with Crippen LogP contribution in [0.2, 0.25) is 0 Å². The van der Waals surface area contributed by atoms with Crippen molar-refractivity contribution in [2.24, 2.45) is 5.41 Å². The Hall–Kier alpha value is -1.10. The monoisotopic (exact) mass is 283 g/mol. The maximum atomic E-state index is 12.3. The number of nitrogens with one attached hydrogen (secondary N) is 1. The number of carboxylic acids is 1. The lowest BCUT2D eigenvalue weighted by Crippen LogP contribution is -2.51. The first-order valence-corrected chi connectivity index (χ1v) is 7.67. The molecule has 0 aromatic heterocycles. The molecule has 20 heavy (non-hydrogen) atoms. The third kappa shape index (κ3) is 3.14. The second kappa shape index (κ2) is 6.12. The van der Waals surface area contributed by atoms with E-state index in [1.807, 2.05) is 0 Å². The molecule has 3 N–H and O–H groups in total. The zero-order chi connectivity index (χ0) is 14.6. The van der Waals surface area contributed by atoms with Crippen LogP contribution >= 0.6 is 0 Å².